The van der Waals surface area contributed by atoms with E-state index in [9.17, 15) is 22.4 Å². The number of urea groups is 1. The van der Waals surface area contributed by atoms with Gasteiger partial charge in [0.1, 0.15) is 12.4 Å². The van der Waals surface area contributed by atoms with Crippen LogP contribution in [0.3, 0.4) is 0 Å². The molecular formula is C14H17F4N3O2. The zero-order valence-corrected chi connectivity index (χ0v) is 12.2. The lowest BCUT2D eigenvalue weighted by Crippen LogP contribution is -2.43. The van der Waals surface area contributed by atoms with Crippen LogP contribution in [0.4, 0.5) is 28.0 Å². The number of anilines is 1. The number of halogens is 4. The molecule has 5 nitrogen and oxygen atoms in total. The van der Waals surface area contributed by atoms with E-state index in [1.54, 1.807) is 6.07 Å². The fraction of sp³-hybridized carbons (Fsp3) is 0.500. The molecular weight excluding hydrogens is 318 g/mol. The van der Waals surface area contributed by atoms with Crippen molar-refractivity contribution < 1.29 is 27.1 Å². The summed E-state index contributed by atoms with van der Waals surface area (Å²) < 4.78 is 52.6. The normalized spacial score (nSPS) is 17.9. The zero-order chi connectivity index (χ0) is 16.9. The van der Waals surface area contributed by atoms with E-state index in [-0.39, 0.29) is 18.3 Å². The summed E-state index contributed by atoms with van der Waals surface area (Å²) in [5, 5.41) is 5.06. The van der Waals surface area contributed by atoms with Crippen molar-refractivity contribution in [3.8, 4) is 5.75 Å². The fourth-order valence-corrected chi connectivity index (χ4v) is 2.39. The first-order valence-electron chi connectivity index (χ1n) is 7.08. The lowest BCUT2D eigenvalue weighted by atomic mass is 10.2. The molecule has 1 aromatic rings. The highest BCUT2D eigenvalue weighted by atomic mass is 19.4. The van der Waals surface area contributed by atoms with Crippen LogP contribution in [0.15, 0.2) is 24.3 Å². The van der Waals surface area contributed by atoms with E-state index in [0.29, 0.717) is 25.2 Å². The topological polar surface area (TPSA) is 53.6 Å². The predicted octanol–water partition coefficient (Wildman–Crippen LogP) is 2.43. The number of nitrogens with zero attached hydrogens (tertiary/aromatic N) is 1. The molecule has 23 heavy (non-hydrogen) atoms. The first-order chi connectivity index (χ1) is 10.9. The Morgan fingerprint density at radius 2 is 2.17 bits per heavy atom. The van der Waals surface area contributed by atoms with Crippen LogP contribution < -0.4 is 20.3 Å². The molecule has 0 radical (unpaired) electrons. The molecule has 0 saturated carbocycles. The minimum absolute atomic E-state index is 0.0565. The quantitative estimate of drug-likeness (QED) is 0.813. The van der Waals surface area contributed by atoms with E-state index in [2.05, 4.69) is 15.4 Å². The van der Waals surface area contributed by atoms with Crippen molar-refractivity contribution in [1.82, 2.24) is 10.6 Å². The molecule has 0 spiro atoms. The third kappa shape index (κ3) is 5.50. The predicted molar refractivity (Wildman–Crippen MR) is 76.3 cm³/mol. The maximum atomic E-state index is 12.2. The monoisotopic (exact) mass is 335 g/mol. The summed E-state index contributed by atoms with van der Waals surface area (Å²) in [6.45, 7) is 0.345. The van der Waals surface area contributed by atoms with Gasteiger partial charge in [0.25, 0.3) is 0 Å². The molecule has 0 bridgehead atoms. The van der Waals surface area contributed by atoms with Crippen molar-refractivity contribution >= 4 is 11.7 Å². The Labute approximate surface area is 130 Å². The van der Waals surface area contributed by atoms with E-state index in [0.717, 1.165) is 0 Å². The van der Waals surface area contributed by atoms with Crippen LogP contribution in [-0.4, -0.2) is 44.7 Å². The van der Waals surface area contributed by atoms with Gasteiger partial charge in [-0.3, -0.25) is 0 Å². The van der Waals surface area contributed by atoms with Crippen LogP contribution >= 0.6 is 0 Å². The second kappa shape index (κ2) is 7.38. The first-order valence-corrected chi connectivity index (χ1v) is 7.08. The summed E-state index contributed by atoms with van der Waals surface area (Å²) in [6, 6.07) is 5.08. The average molecular weight is 335 g/mol. The van der Waals surface area contributed by atoms with Gasteiger partial charge in [-0.2, -0.15) is 0 Å². The van der Waals surface area contributed by atoms with Gasteiger partial charge in [-0.15, -0.1) is 13.2 Å². The van der Waals surface area contributed by atoms with Gasteiger partial charge in [-0.05, 0) is 18.6 Å². The smallest absolute Gasteiger partial charge is 0.406 e. The summed E-state index contributed by atoms with van der Waals surface area (Å²) in [4.78, 5) is 13.3. The number of benzene rings is 1. The average Bonchev–Trinajstić information content (AvgIpc) is 2.92. The van der Waals surface area contributed by atoms with Crippen molar-refractivity contribution in [3.63, 3.8) is 0 Å². The van der Waals surface area contributed by atoms with Crippen molar-refractivity contribution in [3.05, 3.63) is 24.3 Å². The second-order valence-electron chi connectivity index (χ2n) is 5.07. The van der Waals surface area contributed by atoms with Gasteiger partial charge < -0.3 is 20.3 Å². The number of rotatable bonds is 5. The molecule has 1 heterocycles. The third-order valence-electron chi connectivity index (χ3n) is 3.32. The molecule has 1 aliphatic heterocycles. The van der Waals surface area contributed by atoms with E-state index in [4.69, 9.17) is 0 Å². The maximum absolute atomic E-state index is 12.2. The van der Waals surface area contributed by atoms with Gasteiger partial charge in [0, 0.05) is 37.4 Å². The summed E-state index contributed by atoms with van der Waals surface area (Å²) in [5.74, 6) is -0.285. The van der Waals surface area contributed by atoms with Gasteiger partial charge in [0.2, 0.25) is 0 Å². The molecule has 2 N–H and O–H groups in total. The Balaban J connectivity index is 1.91. The summed E-state index contributed by atoms with van der Waals surface area (Å²) in [7, 11) is 0. The molecule has 0 aliphatic carbocycles. The highest BCUT2D eigenvalue weighted by molar-refractivity contribution is 5.74. The number of alkyl halides is 4. The molecule has 0 aromatic heterocycles. The van der Waals surface area contributed by atoms with Crippen LogP contribution in [0.1, 0.15) is 6.42 Å². The van der Waals surface area contributed by atoms with E-state index in [1.165, 1.54) is 18.2 Å². The van der Waals surface area contributed by atoms with Gasteiger partial charge in [0.15, 0.2) is 0 Å². The standard InChI is InChI=1S/C14H17F4N3O2/c15-5-6-19-13(22)20-10-4-7-21(9-10)11-2-1-3-12(8-11)23-14(16,17)18/h1-3,8,10H,4-7,9H2,(H2,19,20,22)/t10-/m0/s1. The molecule has 1 fully saturated rings. The molecule has 2 rings (SSSR count). The van der Waals surface area contributed by atoms with E-state index < -0.39 is 19.1 Å². The molecule has 0 unspecified atom stereocenters. The Kier molecular flexibility index (Phi) is 5.51. The van der Waals surface area contributed by atoms with Gasteiger partial charge in [-0.1, -0.05) is 6.07 Å². The summed E-state index contributed by atoms with van der Waals surface area (Å²) in [6.07, 6.45) is -4.09. The number of carbonyl (C=O) groups is 1. The van der Waals surface area contributed by atoms with Crippen LogP contribution in [0.5, 0.6) is 5.75 Å². The zero-order valence-electron chi connectivity index (χ0n) is 12.2. The van der Waals surface area contributed by atoms with Crippen LogP contribution in [0, 0.1) is 0 Å². The lowest BCUT2D eigenvalue weighted by molar-refractivity contribution is -0.274. The Morgan fingerprint density at radius 1 is 1.39 bits per heavy atom. The van der Waals surface area contributed by atoms with Gasteiger partial charge >= 0.3 is 12.4 Å². The lowest BCUT2D eigenvalue weighted by Gasteiger charge is -2.20. The number of hydrogen-bond donors (Lipinski definition) is 2. The number of hydrogen-bond acceptors (Lipinski definition) is 3. The highest BCUT2D eigenvalue weighted by Crippen LogP contribution is 2.28. The first kappa shape index (κ1) is 17.2. The Hall–Kier alpha value is -2.19. The number of amides is 2. The Morgan fingerprint density at radius 3 is 2.87 bits per heavy atom. The maximum Gasteiger partial charge on any atom is 0.573 e. The molecule has 128 valence electrons. The van der Waals surface area contributed by atoms with E-state index in [1.807, 2.05) is 4.90 Å². The van der Waals surface area contributed by atoms with Gasteiger partial charge in [-0.25, -0.2) is 9.18 Å². The van der Waals surface area contributed by atoms with Crippen LogP contribution in [0.2, 0.25) is 0 Å². The number of nitrogens with one attached hydrogen (secondary N) is 2. The van der Waals surface area contributed by atoms with Crippen LogP contribution in [0.25, 0.3) is 0 Å². The van der Waals surface area contributed by atoms with Crippen molar-refractivity contribution in [2.45, 2.75) is 18.8 Å². The molecule has 2 amide bonds. The molecule has 9 heteroatoms. The SMILES string of the molecule is O=C(NCCF)N[C@H]1CCN(c2cccc(OC(F)(F)F)c2)C1. The number of ether oxygens (including phenoxy) is 1. The summed E-state index contributed by atoms with van der Waals surface area (Å²) >= 11 is 0. The van der Waals surface area contributed by atoms with Crippen molar-refractivity contribution in [1.29, 1.82) is 0 Å². The minimum atomic E-state index is -4.73. The van der Waals surface area contributed by atoms with Crippen molar-refractivity contribution in [2.75, 3.05) is 31.2 Å². The van der Waals surface area contributed by atoms with Crippen LogP contribution in [-0.2, 0) is 0 Å². The fourth-order valence-electron chi connectivity index (χ4n) is 2.39. The van der Waals surface area contributed by atoms with E-state index >= 15 is 0 Å². The Bertz CT molecular complexity index is 539. The molecule has 1 atom stereocenters. The highest BCUT2D eigenvalue weighted by Gasteiger charge is 2.31. The minimum Gasteiger partial charge on any atom is -0.406 e. The summed E-state index contributed by atoms with van der Waals surface area (Å²) in [5.41, 5.74) is 0.584. The third-order valence-corrected chi connectivity index (χ3v) is 3.32. The number of carbonyl (C=O) groups excluding carboxylic acids is 1. The largest absolute Gasteiger partial charge is 0.573 e. The second-order valence-corrected chi connectivity index (χ2v) is 5.07. The molecule has 1 aliphatic rings. The molecule has 1 saturated heterocycles. The van der Waals surface area contributed by atoms with Crippen molar-refractivity contribution in [2.24, 2.45) is 0 Å². The molecule has 1 aromatic carbocycles. The van der Waals surface area contributed by atoms with Gasteiger partial charge in [0.05, 0.1) is 0 Å².